The number of aryl methyl sites for hydroxylation is 1. The quantitative estimate of drug-likeness (QED) is 0.312. The van der Waals surface area contributed by atoms with Gasteiger partial charge in [0.1, 0.15) is 17.5 Å². The smallest absolute Gasteiger partial charge is 0.308 e. The number of anilines is 1. The van der Waals surface area contributed by atoms with Crippen LogP contribution in [0.3, 0.4) is 0 Å². The van der Waals surface area contributed by atoms with Crippen LogP contribution >= 0.6 is 0 Å². The highest BCUT2D eigenvalue weighted by molar-refractivity contribution is 5.94. The molecule has 3 N–H and O–H groups in total. The number of rotatable bonds is 5. The van der Waals surface area contributed by atoms with Gasteiger partial charge in [0, 0.05) is 40.9 Å². The molecule has 3 saturated carbocycles. The van der Waals surface area contributed by atoms with Crippen LogP contribution in [-0.4, -0.2) is 32.1 Å². The minimum atomic E-state index is -0.780. The first-order valence-electron chi connectivity index (χ1n) is 12.3. The molecule has 3 aliphatic rings. The molecular weight excluding hydrogens is 462 g/mol. The zero-order valence-electron chi connectivity index (χ0n) is 19.8. The fraction of sp³-hybridized carbons (Fsp3) is 0.321. The molecule has 36 heavy (non-hydrogen) atoms. The largest absolute Gasteiger partial charge is 0.481 e. The van der Waals surface area contributed by atoms with Gasteiger partial charge in [-0.1, -0.05) is 23.8 Å². The number of aromatic amines is 1. The van der Waals surface area contributed by atoms with Crippen LogP contribution in [0, 0.1) is 36.3 Å². The highest BCUT2D eigenvalue weighted by atomic mass is 19.1. The number of aromatic nitrogens is 3. The summed E-state index contributed by atoms with van der Waals surface area (Å²) in [7, 11) is 0. The topological polar surface area (TPSA) is 90.9 Å². The first kappa shape index (κ1) is 22.6. The number of carboxylic acid groups (broad SMARTS) is 1. The van der Waals surface area contributed by atoms with Crippen molar-refractivity contribution in [3.63, 3.8) is 0 Å². The summed E-state index contributed by atoms with van der Waals surface area (Å²) in [6.07, 6.45) is 5.45. The second-order valence-corrected chi connectivity index (χ2v) is 10.1. The van der Waals surface area contributed by atoms with Crippen LogP contribution in [0.5, 0.6) is 0 Å². The van der Waals surface area contributed by atoms with E-state index in [1.54, 1.807) is 6.20 Å². The van der Waals surface area contributed by atoms with E-state index in [2.05, 4.69) is 10.3 Å². The van der Waals surface area contributed by atoms with E-state index in [1.165, 1.54) is 6.07 Å². The van der Waals surface area contributed by atoms with E-state index >= 15 is 0 Å². The molecule has 2 heterocycles. The Hall–Kier alpha value is -3.81. The van der Waals surface area contributed by atoms with Gasteiger partial charge in [-0.15, -0.1) is 0 Å². The third kappa shape index (κ3) is 3.90. The van der Waals surface area contributed by atoms with Crippen LogP contribution in [0.15, 0.2) is 48.7 Å². The zero-order valence-corrected chi connectivity index (χ0v) is 19.8. The number of nitrogens with zero attached hydrogens (tertiary/aromatic N) is 2. The summed E-state index contributed by atoms with van der Waals surface area (Å²) >= 11 is 0. The number of carbonyl (C=O) groups is 1. The van der Waals surface area contributed by atoms with Gasteiger partial charge in [-0.2, -0.15) is 0 Å². The van der Waals surface area contributed by atoms with Crippen molar-refractivity contribution in [1.82, 2.24) is 15.0 Å². The highest BCUT2D eigenvalue weighted by Gasteiger charge is 2.47. The molecule has 0 radical (unpaired) electrons. The molecule has 0 amide bonds. The molecule has 7 rings (SSSR count). The molecule has 0 spiro atoms. The van der Waals surface area contributed by atoms with E-state index in [0.29, 0.717) is 28.3 Å². The molecule has 2 aromatic heterocycles. The Balaban J connectivity index is 1.48. The Morgan fingerprint density at radius 3 is 2.58 bits per heavy atom. The van der Waals surface area contributed by atoms with Crippen molar-refractivity contribution in [3.05, 3.63) is 65.9 Å². The second-order valence-electron chi connectivity index (χ2n) is 10.1. The van der Waals surface area contributed by atoms with Crippen LogP contribution in [0.1, 0.15) is 31.2 Å². The predicted molar refractivity (Wildman–Crippen MR) is 133 cm³/mol. The van der Waals surface area contributed by atoms with E-state index in [-0.39, 0.29) is 23.4 Å². The SMILES string of the molecule is Cc1cccc(-c2cc(N[C@@H]3C4CCC(CC4)[C@H]3C(=O)O)nc(-c3c[nH]c4c(F)cc(F)cc34)n2)c1. The number of halogens is 2. The van der Waals surface area contributed by atoms with E-state index in [4.69, 9.17) is 9.97 Å². The molecule has 0 unspecified atom stereocenters. The van der Waals surface area contributed by atoms with Gasteiger partial charge in [0.25, 0.3) is 0 Å². The number of aliphatic carboxylic acids is 1. The molecule has 3 fully saturated rings. The van der Waals surface area contributed by atoms with E-state index in [1.807, 2.05) is 37.3 Å². The monoisotopic (exact) mass is 488 g/mol. The number of benzene rings is 2. The number of carboxylic acids is 1. The zero-order chi connectivity index (χ0) is 25.0. The van der Waals surface area contributed by atoms with Crippen molar-refractivity contribution in [3.8, 4) is 22.6 Å². The summed E-state index contributed by atoms with van der Waals surface area (Å²) in [6, 6.07) is 11.6. The maximum atomic E-state index is 14.4. The first-order valence-corrected chi connectivity index (χ1v) is 12.3. The summed E-state index contributed by atoms with van der Waals surface area (Å²) in [6.45, 7) is 1.99. The third-order valence-electron chi connectivity index (χ3n) is 7.81. The molecule has 3 aliphatic carbocycles. The Bertz CT molecular complexity index is 1480. The van der Waals surface area contributed by atoms with Gasteiger partial charge < -0.3 is 15.4 Å². The minimum absolute atomic E-state index is 0.155. The normalized spacial score (nSPS) is 23.2. The second kappa shape index (κ2) is 8.69. The maximum absolute atomic E-state index is 14.4. The fourth-order valence-corrected chi connectivity index (χ4v) is 6.12. The Morgan fingerprint density at radius 1 is 1.06 bits per heavy atom. The average Bonchev–Trinajstić information content (AvgIpc) is 3.28. The molecule has 2 atom stereocenters. The lowest BCUT2D eigenvalue weighted by Crippen LogP contribution is -2.51. The lowest BCUT2D eigenvalue weighted by molar-refractivity contribution is -0.148. The number of hydrogen-bond acceptors (Lipinski definition) is 4. The molecule has 4 aromatic rings. The molecule has 8 heteroatoms. The van der Waals surface area contributed by atoms with Crippen LogP contribution in [0.25, 0.3) is 33.5 Å². The predicted octanol–water partition coefficient (Wildman–Crippen LogP) is 6.18. The molecule has 184 valence electrons. The van der Waals surface area contributed by atoms with Gasteiger partial charge in [0.2, 0.25) is 0 Å². The lowest BCUT2D eigenvalue weighted by atomic mass is 9.61. The summed E-state index contributed by atoms with van der Waals surface area (Å²) in [4.78, 5) is 24.5. The van der Waals surface area contributed by atoms with Crippen molar-refractivity contribution in [2.24, 2.45) is 17.8 Å². The Morgan fingerprint density at radius 2 is 1.83 bits per heavy atom. The van der Waals surface area contributed by atoms with Gasteiger partial charge in [0.05, 0.1) is 17.1 Å². The van der Waals surface area contributed by atoms with Crippen LogP contribution in [0.4, 0.5) is 14.6 Å². The summed E-state index contributed by atoms with van der Waals surface area (Å²) in [5.41, 5.74) is 3.24. The first-order chi connectivity index (χ1) is 17.4. The standard InChI is InChI=1S/C28H26F2N4O2/c1-14-3-2-4-17(9-14)22-12-23(33-25-16-7-5-15(6-8-16)24(25)28(35)36)34-27(32-22)20-13-31-26-19(20)10-18(29)11-21(26)30/h2-4,9-13,15-16,24-25,31H,5-8H2,1H3,(H,35,36)(H,32,33,34)/t15?,16?,24-,25-/m1/s1. The Labute approximate surface area is 206 Å². The van der Waals surface area contributed by atoms with Gasteiger partial charge in [-0.05, 0) is 56.6 Å². The van der Waals surface area contributed by atoms with E-state index < -0.39 is 23.5 Å². The van der Waals surface area contributed by atoms with E-state index in [0.717, 1.165) is 42.9 Å². The summed E-state index contributed by atoms with van der Waals surface area (Å²) in [5, 5.41) is 13.8. The molecule has 0 aliphatic heterocycles. The van der Waals surface area contributed by atoms with E-state index in [9.17, 15) is 18.7 Å². The maximum Gasteiger partial charge on any atom is 0.308 e. The molecule has 0 saturated heterocycles. The molecule has 6 nitrogen and oxygen atoms in total. The van der Waals surface area contributed by atoms with Gasteiger partial charge in [0.15, 0.2) is 5.82 Å². The lowest BCUT2D eigenvalue weighted by Gasteiger charge is -2.47. The summed E-state index contributed by atoms with van der Waals surface area (Å²) < 4.78 is 28.5. The average molecular weight is 489 g/mol. The molecule has 2 bridgehead atoms. The fourth-order valence-electron chi connectivity index (χ4n) is 6.12. The van der Waals surface area contributed by atoms with Gasteiger partial charge >= 0.3 is 5.97 Å². The number of hydrogen-bond donors (Lipinski definition) is 3. The van der Waals surface area contributed by atoms with Crippen molar-refractivity contribution >= 4 is 22.7 Å². The number of H-pyrrole nitrogens is 1. The van der Waals surface area contributed by atoms with Crippen molar-refractivity contribution in [2.45, 2.75) is 38.6 Å². The third-order valence-corrected chi connectivity index (χ3v) is 7.81. The van der Waals surface area contributed by atoms with Crippen molar-refractivity contribution in [1.29, 1.82) is 0 Å². The number of nitrogens with one attached hydrogen (secondary N) is 2. The highest BCUT2D eigenvalue weighted by Crippen LogP contribution is 2.46. The summed E-state index contributed by atoms with van der Waals surface area (Å²) in [5.74, 6) is -1.40. The number of fused-ring (bicyclic) bond motifs is 4. The molecular formula is C28H26F2N4O2. The van der Waals surface area contributed by atoms with Crippen molar-refractivity contribution < 1.29 is 18.7 Å². The van der Waals surface area contributed by atoms with Gasteiger partial charge in [-0.25, -0.2) is 18.7 Å². The van der Waals surface area contributed by atoms with Crippen LogP contribution < -0.4 is 5.32 Å². The minimum Gasteiger partial charge on any atom is -0.481 e. The molecule has 2 aromatic carbocycles. The van der Waals surface area contributed by atoms with Crippen molar-refractivity contribution in [2.75, 3.05) is 5.32 Å². The van der Waals surface area contributed by atoms with Crippen LogP contribution in [0.2, 0.25) is 0 Å². The van der Waals surface area contributed by atoms with Crippen LogP contribution in [-0.2, 0) is 4.79 Å². The Kier molecular flexibility index (Phi) is 5.47. The van der Waals surface area contributed by atoms with Gasteiger partial charge in [-0.3, -0.25) is 4.79 Å².